The van der Waals surface area contributed by atoms with Gasteiger partial charge in [0, 0.05) is 6.54 Å². The molecule has 18 heavy (non-hydrogen) atoms. The van der Waals surface area contributed by atoms with E-state index in [0.717, 1.165) is 6.61 Å². The lowest BCUT2D eigenvalue weighted by Crippen LogP contribution is -2.48. The van der Waals surface area contributed by atoms with Crippen molar-refractivity contribution in [3.05, 3.63) is 35.9 Å². The van der Waals surface area contributed by atoms with Gasteiger partial charge in [0.15, 0.2) is 0 Å². The zero-order valence-electron chi connectivity index (χ0n) is 11.3. The van der Waals surface area contributed by atoms with E-state index in [4.69, 9.17) is 4.74 Å². The number of rotatable bonds is 3. The molecule has 0 N–H and O–H groups in total. The van der Waals surface area contributed by atoms with Crippen LogP contribution in [0.2, 0.25) is 0 Å². The largest absolute Gasteiger partial charge is 0.358 e. The van der Waals surface area contributed by atoms with Gasteiger partial charge in [-0.3, -0.25) is 4.90 Å². The summed E-state index contributed by atoms with van der Waals surface area (Å²) in [5.41, 5.74) is 1.46. The highest BCUT2D eigenvalue weighted by Gasteiger charge is 2.48. The van der Waals surface area contributed by atoms with Crippen LogP contribution in [-0.4, -0.2) is 23.8 Å². The molecule has 0 radical (unpaired) electrons. The molecule has 2 nitrogen and oxygen atoms in total. The number of ether oxygens (including phenoxy) is 1. The van der Waals surface area contributed by atoms with Crippen molar-refractivity contribution < 1.29 is 4.74 Å². The zero-order valence-corrected chi connectivity index (χ0v) is 11.3. The van der Waals surface area contributed by atoms with Gasteiger partial charge >= 0.3 is 0 Å². The summed E-state index contributed by atoms with van der Waals surface area (Å²) in [5.74, 6) is 0. The Morgan fingerprint density at radius 2 is 2.11 bits per heavy atom. The summed E-state index contributed by atoms with van der Waals surface area (Å²) in [6.07, 6.45) is 6.23. The molecule has 0 spiro atoms. The third-order valence-corrected chi connectivity index (χ3v) is 4.45. The highest BCUT2D eigenvalue weighted by Crippen LogP contribution is 2.45. The minimum absolute atomic E-state index is 0.0491. The van der Waals surface area contributed by atoms with Crippen molar-refractivity contribution in [2.45, 2.75) is 50.8 Å². The lowest BCUT2D eigenvalue weighted by Gasteiger charge is -2.43. The predicted molar refractivity (Wildman–Crippen MR) is 73.3 cm³/mol. The van der Waals surface area contributed by atoms with Crippen LogP contribution in [0.4, 0.5) is 0 Å². The first-order valence-electron chi connectivity index (χ1n) is 7.31. The van der Waals surface area contributed by atoms with Gasteiger partial charge in [0.05, 0.1) is 12.6 Å². The van der Waals surface area contributed by atoms with Gasteiger partial charge in [-0.05, 0) is 31.2 Å². The summed E-state index contributed by atoms with van der Waals surface area (Å²) in [6, 6.07) is 11.3. The van der Waals surface area contributed by atoms with E-state index in [9.17, 15) is 0 Å². The van der Waals surface area contributed by atoms with E-state index < -0.39 is 0 Å². The van der Waals surface area contributed by atoms with Crippen molar-refractivity contribution in [3.8, 4) is 0 Å². The molecule has 2 aliphatic heterocycles. The summed E-state index contributed by atoms with van der Waals surface area (Å²) < 4.78 is 6.28. The molecule has 2 heteroatoms. The highest BCUT2D eigenvalue weighted by atomic mass is 16.5. The Balaban J connectivity index is 1.86. The van der Waals surface area contributed by atoms with Gasteiger partial charge in [-0.1, -0.05) is 43.7 Å². The Kier molecular flexibility index (Phi) is 3.40. The van der Waals surface area contributed by atoms with Crippen LogP contribution in [0.25, 0.3) is 0 Å². The van der Waals surface area contributed by atoms with Crippen LogP contribution in [0.1, 0.15) is 50.6 Å². The van der Waals surface area contributed by atoms with Gasteiger partial charge < -0.3 is 4.74 Å². The third kappa shape index (κ3) is 1.98. The summed E-state index contributed by atoms with van der Waals surface area (Å²) >= 11 is 0. The Morgan fingerprint density at radius 1 is 1.28 bits per heavy atom. The molecule has 2 aliphatic rings. The maximum absolute atomic E-state index is 6.28. The SMILES string of the molecule is CCC[C@]12CCCCN1[C@H](c1ccccc1)CO2. The summed E-state index contributed by atoms with van der Waals surface area (Å²) in [4.78, 5) is 2.63. The predicted octanol–water partition coefficient (Wildman–Crippen LogP) is 3.74. The Labute approximate surface area is 110 Å². The van der Waals surface area contributed by atoms with E-state index in [0.29, 0.717) is 6.04 Å². The fourth-order valence-corrected chi connectivity index (χ4v) is 3.63. The Hall–Kier alpha value is -0.860. The molecule has 0 saturated carbocycles. The van der Waals surface area contributed by atoms with Crippen LogP contribution >= 0.6 is 0 Å². The van der Waals surface area contributed by atoms with Crippen molar-refractivity contribution >= 4 is 0 Å². The van der Waals surface area contributed by atoms with Gasteiger partial charge in [0.1, 0.15) is 5.72 Å². The topological polar surface area (TPSA) is 12.5 Å². The quantitative estimate of drug-likeness (QED) is 0.804. The van der Waals surface area contributed by atoms with Crippen molar-refractivity contribution in [2.75, 3.05) is 13.2 Å². The Morgan fingerprint density at radius 3 is 2.89 bits per heavy atom. The third-order valence-electron chi connectivity index (χ3n) is 4.45. The summed E-state index contributed by atoms with van der Waals surface area (Å²) in [5, 5.41) is 0. The molecule has 2 saturated heterocycles. The van der Waals surface area contributed by atoms with E-state index >= 15 is 0 Å². The maximum Gasteiger partial charge on any atom is 0.122 e. The first-order chi connectivity index (χ1) is 8.86. The number of benzene rings is 1. The molecular weight excluding hydrogens is 222 g/mol. The second kappa shape index (κ2) is 5.02. The van der Waals surface area contributed by atoms with Crippen LogP contribution in [-0.2, 0) is 4.74 Å². The van der Waals surface area contributed by atoms with Crippen molar-refractivity contribution in [2.24, 2.45) is 0 Å². The lowest BCUT2D eigenvalue weighted by atomic mass is 9.92. The molecule has 1 aromatic carbocycles. The molecule has 0 amide bonds. The average Bonchev–Trinajstić information content (AvgIpc) is 2.79. The van der Waals surface area contributed by atoms with Gasteiger partial charge in [-0.25, -0.2) is 0 Å². The first kappa shape index (κ1) is 12.2. The molecule has 0 aliphatic carbocycles. The highest BCUT2D eigenvalue weighted by molar-refractivity contribution is 5.21. The van der Waals surface area contributed by atoms with E-state index in [1.165, 1.54) is 44.2 Å². The number of piperidine rings is 1. The van der Waals surface area contributed by atoms with Crippen LogP contribution < -0.4 is 0 Å². The van der Waals surface area contributed by atoms with Gasteiger partial charge in [-0.15, -0.1) is 0 Å². The number of hydrogen-bond acceptors (Lipinski definition) is 2. The molecule has 3 rings (SSSR count). The fraction of sp³-hybridized carbons (Fsp3) is 0.625. The zero-order chi connectivity index (χ0) is 12.4. The summed E-state index contributed by atoms with van der Waals surface area (Å²) in [6.45, 7) is 4.32. The molecule has 2 atom stereocenters. The first-order valence-corrected chi connectivity index (χ1v) is 7.31. The molecule has 2 heterocycles. The lowest BCUT2D eigenvalue weighted by molar-refractivity contribution is -0.114. The fourth-order valence-electron chi connectivity index (χ4n) is 3.63. The second-order valence-corrected chi connectivity index (χ2v) is 5.58. The standard InChI is InChI=1S/C16H23NO/c1-2-10-16-11-6-7-12-17(16)15(13-18-16)14-8-4-3-5-9-14/h3-5,8-9,15H,2,6-7,10-13H2,1H3/t15-,16-/m0/s1. The minimum atomic E-state index is 0.0491. The Bertz CT molecular complexity index is 387. The van der Waals surface area contributed by atoms with Crippen LogP contribution in [0.15, 0.2) is 30.3 Å². The van der Waals surface area contributed by atoms with Crippen molar-refractivity contribution in [3.63, 3.8) is 0 Å². The van der Waals surface area contributed by atoms with E-state index in [1.807, 2.05) is 0 Å². The molecule has 0 aromatic heterocycles. The molecule has 1 aromatic rings. The van der Waals surface area contributed by atoms with Crippen LogP contribution in [0, 0.1) is 0 Å². The number of fused-ring (bicyclic) bond motifs is 1. The monoisotopic (exact) mass is 245 g/mol. The van der Waals surface area contributed by atoms with Gasteiger partial charge in [0.25, 0.3) is 0 Å². The molecule has 0 unspecified atom stereocenters. The van der Waals surface area contributed by atoms with Gasteiger partial charge in [-0.2, -0.15) is 0 Å². The molecule has 2 fully saturated rings. The number of nitrogens with zero attached hydrogens (tertiary/aromatic N) is 1. The van der Waals surface area contributed by atoms with Crippen LogP contribution in [0.3, 0.4) is 0 Å². The van der Waals surface area contributed by atoms with E-state index in [1.54, 1.807) is 0 Å². The smallest absolute Gasteiger partial charge is 0.122 e. The summed E-state index contributed by atoms with van der Waals surface area (Å²) in [7, 11) is 0. The minimum Gasteiger partial charge on any atom is -0.358 e. The molecular formula is C16H23NO. The maximum atomic E-state index is 6.28. The normalized spacial score (nSPS) is 32.4. The average molecular weight is 245 g/mol. The molecule has 98 valence electrons. The molecule has 0 bridgehead atoms. The van der Waals surface area contributed by atoms with E-state index in [2.05, 4.69) is 42.2 Å². The van der Waals surface area contributed by atoms with Crippen molar-refractivity contribution in [1.29, 1.82) is 0 Å². The van der Waals surface area contributed by atoms with Crippen molar-refractivity contribution in [1.82, 2.24) is 4.90 Å². The number of hydrogen-bond donors (Lipinski definition) is 0. The second-order valence-electron chi connectivity index (χ2n) is 5.58. The van der Waals surface area contributed by atoms with Crippen LogP contribution in [0.5, 0.6) is 0 Å². The van der Waals surface area contributed by atoms with Gasteiger partial charge in [0.2, 0.25) is 0 Å². The van der Waals surface area contributed by atoms with E-state index in [-0.39, 0.29) is 5.72 Å².